The molecule has 0 saturated heterocycles. The molecule has 108 valence electrons. The summed E-state index contributed by atoms with van der Waals surface area (Å²) in [5.41, 5.74) is 5.53. The van der Waals surface area contributed by atoms with Crippen molar-refractivity contribution in [2.75, 3.05) is 18.8 Å². The number of sulfonamides is 1. The molecule has 0 bridgehead atoms. The van der Waals surface area contributed by atoms with Gasteiger partial charge in [-0.25, -0.2) is 8.42 Å². The summed E-state index contributed by atoms with van der Waals surface area (Å²) in [5, 5.41) is 0. The molecule has 1 aliphatic rings. The largest absolute Gasteiger partial charge is 0.330 e. The van der Waals surface area contributed by atoms with Crippen LogP contribution in [0.4, 0.5) is 0 Å². The van der Waals surface area contributed by atoms with E-state index in [9.17, 15) is 8.42 Å². The summed E-state index contributed by atoms with van der Waals surface area (Å²) in [7, 11) is -3.08. The fraction of sp³-hybridized carbons (Fsp3) is 1.00. The number of nitrogens with two attached hydrogens (primary N) is 1. The van der Waals surface area contributed by atoms with E-state index in [1.165, 1.54) is 12.8 Å². The smallest absolute Gasteiger partial charge is 0.214 e. The van der Waals surface area contributed by atoms with Crippen LogP contribution in [0.5, 0.6) is 0 Å². The van der Waals surface area contributed by atoms with Crippen LogP contribution >= 0.6 is 0 Å². The number of hydrogen-bond donors (Lipinski definition) is 1. The van der Waals surface area contributed by atoms with Crippen LogP contribution in [-0.4, -0.2) is 37.6 Å². The Labute approximate surface area is 112 Å². The molecule has 0 heterocycles. The quantitative estimate of drug-likeness (QED) is 0.724. The topological polar surface area (TPSA) is 63.4 Å². The summed E-state index contributed by atoms with van der Waals surface area (Å²) in [6.45, 7) is 3.08. The fourth-order valence-corrected chi connectivity index (χ4v) is 4.54. The number of nitrogens with zero attached hydrogens (tertiary/aromatic N) is 1. The second kappa shape index (κ2) is 8.12. The zero-order chi connectivity index (χ0) is 13.4. The molecule has 2 N–H and O–H groups in total. The molecule has 5 heteroatoms. The minimum atomic E-state index is -3.08. The molecule has 1 aliphatic carbocycles. The highest BCUT2D eigenvalue weighted by molar-refractivity contribution is 7.89. The highest BCUT2D eigenvalue weighted by Crippen LogP contribution is 2.24. The lowest BCUT2D eigenvalue weighted by Gasteiger charge is -2.30. The van der Waals surface area contributed by atoms with Crippen LogP contribution in [0.3, 0.4) is 0 Å². The van der Waals surface area contributed by atoms with Crippen LogP contribution < -0.4 is 5.73 Å². The highest BCUT2D eigenvalue weighted by Gasteiger charge is 2.28. The molecule has 0 aliphatic heterocycles. The van der Waals surface area contributed by atoms with Gasteiger partial charge in [-0.2, -0.15) is 4.31 Å². The maximum absolute atomic E-state index is 12.3. The summed E-state index contributed by atoms with van der Waals surface area (Å²) < 4.78 is 26.4. The van der Waals surface area contributed by atoms with E-state index < -0.39 is 10.0 Å². The molecule has 0 aromatic rings. The van der Waals surface area contributed by atoms with Gasteiger partial charge in [0.05, 0.1) is 5.75 Å². The third kappa shape index (κ3) is 4.86. The van der Waals surface area contributed by atoms with Crippen molar-refractivity contribution < 1.29 is 8.42 Å². The van der Waals surface area contributed by atoms with E-state index in [-0.39, 0.29) is 11.8 Å². The molecule has 0 aromatic carbocycles. The zero-order valence-electron chi connectivity index (χ0n) is 11.6. The second-order valence-electron chi connectivity index (χ2n) is 5.21. The van der Waals surface area contributed by atoms with Crippen LogP contribution in [0.2, 0.25) is 0 Å². The lowest BCUT2D eigenvalue weighted by Crippen LogP contribution is -2.42. The van der Waals surface area contributed by atoms with E-state index in [2.05, 4.69) is 0 Å². The molecule has 0 radical (unpaired) electrons. The highest BCUT2D eigenvalue weighted by atomic mass is 32.2. The molecule has 1 rings (SSSR count). The summed E-state index contributed by atoms with van der Waals surface area (Å²) >= 11 is 0. The Balaban J connectivity index is 2.75. The maximum atomic E-state index is 12.3. The predicted octanol–water partition coefficient (Wildman–Crippen LogP) is 2.10. The van der Waals surface area contributed by atoms with Gasteiger partial charge in [0, 0.05) is 12.6 Å². The average molecular weight is 276 g/mol. The van der Waals surface area contributed by atoms with Crippen molar-refractivity contribution in [3.63, 3.8) is 0 Å². The molecule has 0 spiro atoms. The lowest BCUT2D eigenvalue weighted by atomic mass is 10.1. The van der Waals surface area contributed by atoms with Crippen molar-refractivity contribution in [2.24, 2.45) is 5.73 Å². The van der Waals surface area contributed by atoms with Gasteiger partial charge >= 0.3 is 0 Å². The van der Waals surface area contributed by atoms with Crippen molar-refractivity contribution in [1.82, 2.24) is 4.31 Å². The monoisotopic (exact) mass is 276 g/mol. The average Bonchev–Trinajstić information content (AvgIpc) is 2.58. The summed E-state index contributed by atoms with van der Waals surface area (Å²) in [6.07, 6.45) is 8.30. The van der Waals surface area contributed by atoms with Gasteiger partial charge in [0.25, 0.3) is 0 Å². The first kappa shape index (κ1) is 15.9. The van der Waals surface area contributed by atoms with Gasteiger partial charge in [-0.05, 0) is 32.2 Å². The SMILES string of the molecule is CCCS(=O)(=O)N(CCCN)C1CCCCCC1. The van der Waals surface area contributed by atoms with Crippen molar-refractivity contribution in [3.05, 3.63) is 0 Å². The van der Waals surface area contributed by atoms with Gasteiger partial charge in [-0.1, -0.05) is 32.6 Å². The third-order valence-electron chi connectivity index (χ3n) is 3.63. The molecule has 0 amide bonds. The van der Waals surface area contributed by atoms with E-state index in [1.54, 1.807) is 4.31 Å². The Morgan fingerprint density at radius 1 is 1.17 bits per heavy atom. The molecule has 1 fully saturated rings. The summed E-state index contributed by atoms with van der Waals surface area (Å²) in [5.74, 6) is 0.272. The van der Waals surface area contributed by atoms with Crippen molar-refractivity contribution in [2.45, 2.75) is 64.3 Å². The number of rotatable bonds is 7. The van der Waals surface area contributed by atoms with Crippen molar-refractivity contribution in [3.8, 4) is 0 Å². The molecule has 1 saturated carbocycles. The summed E-state index contributed by atoms with van der Waals surface area (Å²) in [6, 6.07) is 0.218. The molecule has 4 nitrogen and oxygen atoms in total. The van der Waals surface area contributed by atoms with Crippen LogP contribution in [0.25, 0.3) is 0 Å². The van der Waals surface area contributed by atoms with Crippen LogP contribution in [0.15, 0.2) is 0 Å². The first-order valence-corrected chi connectivity index (χ1v) is 8.92. The Kier molecular flexibility index (Phi) is 7.19. The molecule has 18 heavy (non-hydrogen) atoms. The normalized spacial score (nSPS) is 19.1. The fourth-order valence-electron chi connectivity index (χ4n) is 2.72. The molecule has 0 atom stereocenters. The molecular formula is C13H28N2O2S. The van der Waals surface area contributed by atoms with Crippen LogP contribution in [0, 0.1) is 0 Å². The van der Waals surface area contributed by atoms with Gasteiger partial charge in [0.2, 0.25) is 10.0 Å². The standard InChI is InChI=1S/C13H28N2O2S/c1-2-12-18(16,17)15(11-7-10-14)13-8-5-3-4-6-9-13/h13H,2-12,14H2,1H3. The van der Waals surface area contributed by atoms with E-state index in [4.69, 9.17) is 5.73 Å². The summed E-state index contributed by atoms with van der Waals surface area (Å²) in [4.78, 5) is 0. The van der Waals surface area contributed by atoms with Crippen molar-refractivity contribution >= 4 is 10.0 Å². The first-order valence-electron chi connectivity index (χ1n) is 7.31. The van der Waals surface area contributed by atoms with E-state index in [1.807, 2.05) is 6.92 Å². The minimum Gasteiger partial charge on any atom is -0.330 e. The van der Waals surface area contributed by atoms with E-state index in [0.29, 0.717) is 19.5 Å². The van der Waals surface area contributed by atoms with E-state index >= 15 is 0 Å². The Morgan fingerprint density at radius 2 is 1.78 bits per heavy atom. The lowest BCUT2D eigenvalue weighted by molar-refractivity contribution is 0.290. The van der Waals surface area contributed by atoms with Crippen LogP contribution in [0.1, 0.15) is 58.3 Å². The molecular weight excluding hydrogens is 248 g/mol. The first-order chi connectivity index (χ1) is 8.61. The molecule has 0 unspecified atom stereocenters. The van der Waals surface area contributed by atoms with Crippen molar-refractivity contribution in [1.29, 1.82) is 0 Å². The van der Waals surface area contributed by atoms with Gasteiger partial charge in [-0.15, -0.1) is 0 Å². The predicted molar refractivity (Wildman–Crippen MR) is 75.9 cm³/mol. The zero-order valence-corrected chi connectivity index (χ0v) is 12.4. The van der Waals surface area contributed by atoms with Gasteiger partial charge in [0.1, 0.15) is 0 Å². The van der Waals surface area contributed by atoms with Gasteiger partial charge < -0.3 is 5.73 Å². The second-order valence-corrected chi connectivity index (χ2v) is 7.26. The van der Waals surface area contributed by atoms with E-state index in [0.717, 1.165) is 32.1 Å². The Morgan fingerprint density at radius 3 is 2.28 bits per heavy atom. The third-order valence-corrected chi connectivity index (χ3v) is 5.75. The van der Waals surface area contributed by atoms with Gasteiger partial charge in [0.15, 0.2) is 0 Å². The minimum absolute atomic E-state index is 0.218. The van der Waals surface area contributed by atoms with Crippen LogP contribution in [-0.2, 0) is 10.0 Å². The number of hydrogen-bond acceptors (Lipinski definition) is 3. The Bertz CT molecular complexity index is 309. The molecule has 0 aromatic heterocycles. The Hall–Kier alpha value is -0.130. The van der Waals surface area contributed by atoms with Gasteiger partial charge in [-0.3, -0.25) is 0 Å². The maximum Gasteiger partial charge on any atom is 0.214 e.